The van der Waals surface area contributed by atoms with E-state index in [0.717, 1.165) is 4.57 Å². The highest BCUT2D eigenvalue weighted by atomic mass is 16.6. The summed E-state index contributed by atoms with van der Waals surface area (Å²) in [5.41, 5.74) is -0.0546. The highest BCUT2D eigenvalue weighted by Crippen LogP contribution is 2.10. The van der Waals surface area contributed by atoms with Gasteiger partial charge in [0.25, 0.3) is 5.69 Å². The fourth-order valence-electron chi connectivity index (χ4n) is 0.930. The molecule has 1 heterocycles. The maximum absolute atomic E-state index is 11.1. The Bertz CT molecular complexity index is 371. The van der Waals surface area contributed by atoms with Crippen LogP contribution in [0.3, 0.4) is 0 Å². The van der Waals surface area contributed by atoms with Crippen molar-refractivity contribution in [2.45, 2.75) is 6.92 Å². The second kappa shape index (κ2) is 3.86. The summed E-state index contributed by atoms with van der Waals surface area (Å²) in [5, 5.41) is 10.4. The van der Waals surface area contributed by atoms with Crippen LogP contribution in [0.5, 0.6) is 0 Å². The normalized spacial score (nSPS) is 9.86. The third kappa shape index (κ3) is 1.87. The fraction of sp³-hybridized carbons (Fsp3) is 0.429. The van der Waals surface area contributed by atoms with Gasteiger partial charge in [-0.2, -0.15) is 0 Å². The van der Waals surface area contributed by atoms with E-state index in [1.54, 1.807) is 6.92 Å². The first-order chi connectivity index (χ1) is 6.56. The first-order valence-electron chi connectivity index (χ1n) is 3.91. The molecule has 0 aromatic carbocycles. The minimum Gasteiger partial charge on any atom is -0.460 e. The molecule has 1 aromatic rings. The van der Waals surface area contributed by atoms with Gasteiger partial charge in [0.15, 0.2) is 0 Å². The molecule has 7 heteroatoms. The summed E-state index contributed by atoms with van der Waals surface area (Å²) in [7, 11) is 1.44. The van der Waals surface area contributed by atoms with Crippen molar-refractivity contribution in [2.24, 2.45) is 7.05 Å². The van der Waals surface area contributed by atoms with Gasteiger partial charge in [0.05, 0.1) is 13.7 Å². The van der Waals surface area contributed by atoms with Gasteiger partial charge in [0.2, 0.25) is 0 Å². The fourth-order valence-corrected chi connectivity index (χ4v) is 0.930. The zero-order valence-corrected chi connectivity index (χ0v) is 7.76. The molecule has 0 saturated carbocycles. The molecule has 0 radical (unpaired) electrons. The molecule has 0 fully saturated rings. The summed E-state index contributed by atoms with van der Waals surface area (Å²) in [6.07, 6.45) is 1.26. The van der Waals surface area contributed by atoms with Crippen LogP contribution in [0.25, 0.3) is 0 Å². The molecule has 76 valence electrons. The summed E-state index contributed by atoms with van der Waals surface area (Å²) in [6, 6.07) is 0. The van der Waals surface area contributed by atoms with Crippen LogP contribution in [0.2, 0.25) is 0 Å². The van der Waals surface area contributed by atoms with Gasteiger partial charge < -0.3 is 14.9 Å². The standard InChI is InChI=1S/C7H9N3O4/c1-3-14-6(11)5-4-9(2)7(8-5)10(12)13/h4H,3H2,1-2H3. The van der Waals surface area contributed by atoms with Crippen LogP contribution in [0, 0.1) is 10.1 Å². The second-order valence-electron chi connectivity index (χ2n) is 2.51. The summed E-state index contributed by atoms with van der Waals surface area (Å²) in [5.74, 6) is -1.04. The van der Waals surface area contributed by atoms with Crippen LogP contribution in [-0.4, -0.2) is 27.1 Å². The first kappa shape index (κ1) is 10.2. The molecule has 0 bridgehead atoms. The monoisotopic (exact) mass is 199 g/mol. The van der Waals surface area contributed by atoms with Gasteiger partial charge in [-0.3, -0.25) is 0 Å². The Morgan fingerprint density at radius 2 is 2.43 bits per heavy atom. The molecule has 1 aromatic heterocycles. The lowest BCUT2D eigenvalue weighted by Gasteiger charge is -1.92. The molecule has 0 N–H and O–H groups in total. The van der Waals surface area contributed by atoms with Crippen molar-refractivity contribution in [2.75, 3.05) is 6.61 Å². The quantitative estimate of drug-likeness (QED) is 0.402. The predicted octanol–water partition coefficient (Wildman–Crippen LogP) is 0.505. The van der Waals surface area contributed by atoms with E-state index in [0.29, 0.717) is 0 Å². The Labute approximate surface area is 79.5 Å². The molecule has 0 aliphatic carbocycles. The molecule has 0 aliphatic rings. The number of carbonyl (C=O) groups is 1. The van der Waals surface area contributed by atoms with Crippen LogP contribution >= 0.6 is 0 Å². The molecule has 14 heavy (non-hydrogen) atoms. The number of rotatable bonds is 3. The van der Waals surface area contributed by atoms with Gasteiger partial charge in [-0.25, -0.2) is 9.36 Å². The van der Waals surface area contributed by atoms with Crippen LogP contribution < -0.4 is 0 Å². The van der Waals surface area contributed by atoms with E-state index in [4.69, 9.17) is 0 Å². The molecule has 0 atom stereocenters. The maximum Gasteiger partial charge on any atom is 0.435 e. The number of esters is 1. The lowest BCUT2D eigenvalue weighted by Crippen LogP contribution is -2.04. The number of nitrogens with zero attached hydrogens (tertiary/aromatic N) is 3. The lowest BCUT2D eigenvalue weighted by molar-refractivity contribution is -0.396. The topological polar surface area (TPSA) is 87.3 Å². The average molecular weight is 199 g/mol. The SMILES string of the molecule is CCOC(=O)c1cn(C)c([N+](=O)[O-])n1. The number of aryl methyl sites for hydroxylation is 1. The van der Waals surface area contributed by atoms with Gasteiger partial charge in [0.1, 0.15) is 6.20 Å². The smallest absolute Gasteiger partial charge is 0.435 e. The van der Waals surface area contributed by atoms with E-state index in [-0.39, 0.29) is 18.2 Å². The number of hydrogen-bond donors (Lipinski definition) is 0. The molecule has 0 aliphatic heterocycles. The van der Waals surface area contributed by atoms with E-state index >= 15 is 0 Å². The van der Waals surface area contributed by atoms with Crippen molar-refractivity contribution >= 4 is 11.9 Å². The molecular weight excluding hydrogens is 190 g/mol. The number of imidazole rings is 1. The zero-order valence-electron chi connectivity index (χ0n) is 7.76. The van der Waals surface area contributed by atoms with Crippen molar-refractivity contribution in [3.63, 3.8) is 0 Å². The van der Waals surface area contributed by atoms with Crippen molar-refractivity contribution in [1.82, 2.24) is 9.55 Å². The van der Waals surface area contributed by atoms with E-state index < -0.39 is 10.9 Å². The molecule has 0 unspecified atom stereocenters. The van der Waals surface area contributed by atoms with Crippen molar-refractivity contribution < 1.29 is 14.5 Å². The highest BCUT2D eigenvalue weighted by molar-refractivity contribution is 5.87. The minimum atomic E-state index is -0.664. The maximum atomic E-state index is 11.1. The van der Waals surface area contributed by atoms with Gasteiger partial charge in [-0.1, -0.05) is 4.98 Å². The van der Waals surface area contributed by atoms with E-state index in [1.807, 2.05) is 0 Å². The highest BCUT2D eigenvalue weighted by Gasteiger charge is 2.22. The van der Waals surface area contributed by atoms with E-state index in [9.17, 15) is 14.9 Å². The Hall–Kier alpha value is -1.92. The molecular formula is C7H9N3O4. The molecule has 0 spiro atoms. The minimum absolute atomic E-state index is 0.0546. The lowest BCUT2D eigenvalue weighted by atomic mass is 10.5. The molecule has 0 saturated heterocycles. The molecule has 0 amide bonds. The van der Waals surface area contributed by atoms with E-state index in [1.165, 1.54) is 13.2 Å². The summed E-state index contributed by atoms with van der Waals surface area (Å²) in [6.45, 7) is 1.86. The van der Waals surface area contributed by atoms with Gasteiger partial charge in [-0.15, -0.1) is 0 Å². The van der Waals surface area contributed by atoms with Crippen molar-refractivity contribution in [3.8, 4) is 0 Å². The predicted molar refractivity (Wildman–Crippen MR) is 45.8 cm³/mol. The second-order valence-corrected chi connectivity index (χ2v) is 2.51. The van der Waals surface area contributed by atoms with Crippen molar-refractivity contribution in [3.05, 3.63) is 22.0 Å². The van der Waals surface area contributed by atoms with Gasteiger partial charge in [-0.05, 0) is 11.8 Å². The zero-order chi connectivity index (χ0) is 10.7. The number of carbonyl (C=O) groups excluding carboxylic acids is 1. The summed E-state index contributed by atoms with van der Waals surface area (Å²) >= 11 is 0. The number of aromatic nitrogens is 2. The summed E-state index contributed by atoms with van der Waals surface area (Å²) < 4.78 is 5.80. The largest absolute Gasteiger partial charge is 0.460 e. The van der Waals surface area contributed by atoms with Crippen molar-refractivity contribution in [1.29, 1.82) is 0 Å². The van der Waals surface area contributed by atoms with Crippen LogP contribution in [-0.2, 0) is 11.8 Å². The van der Waals surface area contributed by atoms with Gasteiger partial charge in [0, 0.05) is 0 Å². The van der Waals surface area contributed by atoms with Crippen LogP contribution in [0.4, 0.5) is 5.95 Å². The van der Waals surface area contributed by atoms with Crippen LogP contribution in [0.1, 0.15) is 17.4 Å². The van der Waals surface area contributed by atoms with Gasteiger partial charge >= 0.3 is 11.9 Å². The van der Waals surface area contributed by atoms with Crippen LogP contribution in [0.15, 0.2) is 6.20 Å². The Balaban J connectivity index is 2.96. The average Bonchev–Trinajstić information content (AvgIpc) is 2.48. The number of hydrogen-bond acceptors (Lipinski definition) is 5. The number of nitro groups is 1. The molecule has 1 rings (SSSR count). The van der Waals surface area contributed by atoms with E-state index in [2.05, 4.69) is 9.72 Å². The first-order valence-corrected chi connectivity index (χ1v) is 3.91. The number of ether oxygens (including phenoxy) is 1. The third-order valence-corrected chi connectivity index (χ3v) is 1.50. The Kier molecular flexibility index (Phi) is 2.80. The molecule has 7 nitrogen and oxygen atoms in total. The third-order valence-electron chi connectivity index (χ3n) is 1.50. The summed E-state index contributed by atoms with van der Waals surface area (Å²) in [4.78, 5) is 24.4. The Morgan fingerprint density at radius 3 is 2.86 bits per heavy atom. The Morgan fingerprint density at radius 1 is 1.79 bits per heavy atom.